The Hall–Kier alpha value is -4.07. The molecule has 3 aromatic carbocycles. The number of benzene rings is 3. The van der Waals surface area contributed by atoms with E-state index in [4.69, 9.17) is 4.74 Å². The number of para-hydroxylation sites is 1. The van der Waals surface area contributed by atoms with Crippen LogP contribution in [0.3, 0.4) is 0 Å². The van der Waals surface area contributed by atoms with Crippen LogP contribution < -0.4 is 9.75 Å². The number of anilines is 1. The van der Waals surface area contributed by atoms with Crippen LogP contribution in [-0.2, 0) is 0 Å². The zero-order chi connectivity index (χ0) is 20.2. The lowest BCUT2D eigenvalue weighted by Crippen LogP contribution is -2.31. The number of hydrogen-bond acceptors (Lipinski definition) is 6. The van der Waals surface area contributed by atoms with Gasteiger partial charge in [-0.1, -0.05) is 22.9 Å². The summed E-state index contributed by atoms with van der Waals surface area (Å²) in [7, 11) is 1.62. The van der Waals surface area contributed by atoms with Crippen LogP contribution in [0.25, 0.3) is 0 Å². The van der Waals surface area contributed by atoms with Crippen LogP contribution in [0.1, 0.15) is 5.56 Å². The number of nitro groups is 1. The molecular weight excluding hydrogens is 370 g/mol. The number of amidine groups is 1. The average Bonchev–Trinajstić information content (AvgIpc) is 2.79. The fourth-order valence-corrected chi connectivity index (χ4v) is 2.92. The standard InChI is InChI=1S/C21H18N5O3/c1-29-20-13-11-18(12-14-20)25-15-24(17-5-3-2-4-6-17)22-21(23-25)16-7-9-19(10-8-16)26(27)28/h2-14H,15H2,1H3/q+1. The van der Waals surface area contributed by atoms with E-state index in [2.05, 4.69) is 10.2 Å². The fraction of sp³-hybridized carbons (Fsp3) is 0.0952. The van der Waals surface area contributed by atoms with Crippen molar-refractivity contribution >= 4 is 22.9 Å². The monoisotopic (exact) mass is 388 g/mol. The van der Waals surface area contributed by atoms with Crippen molar-refractivity contribution in [2.75, 3.05) is 18.8 Å². The molecule has 0 atom stereocenters. The molecule has 8 nitrogen and oxygen atoms in total. The second-order valence-corrected chi connectivity index (χ2v) is 6.30. The predicted molar refractivity (Wildman–Crippen MR) is 109 cm³/mol. The number of methoxy groups -OCH3 is 1. The second kappa shape index (κ2) is 7.89. The van der Waals surface area contributed by atoms with Crippen molar-refractivity contribution < 1.29 is 14.4 Å². The zero-order valence-corrected chi connectivity index (χ0v) is 15.7. The number of nitrogens with zero attached hydrogens (tertiary/aromatic N) is 5. The van der Waals surface area contributed by atoms with Gasteiger partial charge in [-0.25, -0.2) is 5.01 Å². The highest BCUT2D eigenvalue weighted by Gasteiger charge is 2.26. The Bertz CT molecular complexity index is 1080. The number of azo groups is 2. The molecule has 0 bridgehead atoms. The van der Waals surface area contributed by atoms with Crippen molar-refractivity contribution in [1.82, 2.24) is 0 Å². The SMILES string of the molecule is COc1ccc([N+]2=NC(c3ccc([N+](=O)[O-])cc3)=NN(c3ccccc3)C2)cc1. The minimum absolute atomic E-state index is 0.0251. The van der Waals surface area contributed by atoms with Gasteiger partial charge in [-0.15, -0.1) is 5.10 Å². The Kier molecular flexibility index (Phi) is 4.98. The van der Waals surface area contributed by atoms with Crippen LogP contribution in [-0.4, -0.2) is 29.2 Å². The first kappa shape index (κ1) is 18.3. The van der Waals surface area contributed by atoms with Crippen molar-refractivity contribution in [3.63, 3.8) is 0 Å². The molecule has 0 amide bonds. The first-order valence-electron chi connectivity index (χ1n) is 8.93. The van der Waals surface area contributed by atoms with Crippen LogP contribution >= 0.6 is 0 Å². The molecule has 1 heterocycles. The largest absolute Gasteiger partial charge is 0.497 e. The summed E-state index contributed by atoms with van der Waals surface area (Å²) in [6.07, 6.45) is 0. The summed E-state index contributed by atoms with van der Waals surface area (Å²) >= 11 is 0. The average molecular weight is 388 g/mol. The van der Waals surface area contributed by atoms with Gasteiger partial charge < -0.3 is 4.74 Å². The van der Waals surface area contributed by atoms with Gasteiger partial charge in [-0.05, 0) is 36.4 Å². The van der Waals surface area contributed by atoms with Gasteiger partial charge in [0.25, 0.3) is 12.4 Å². The quantitative estimate of drug-likeness (QED) is 0.365. The molecule has 0 saturated carbocycles. The molecule has 0 aliphatic carbocycles. The third-order valence-electron chi connectivity index (χ3n) is 4.46. The number of rotatable bonds is 5. The highest BCUT2D eigenvalue weighted by molar-refractivity contribution is 5.99. The van der Waals surface area contributed by atoms with Crippen LogP contribution in [0.15, 0.2) is 89.1 Å². The number of ether oxygens (including phenoxy) is 1. The summed E-state index contributed by atoms with van der Waals surface area (Å²) in [5.74, 6) is 1.22. The van der Waals surface area contributed by atoms with Crippen molar-refractivity contribution in [2.24, 2.45) is 10.2 Å². The van der Waals surface area contributed by atoms with Gasteiger partial charge in [-0.3, -0.25) is 10.1 Å². The van der Waals surface area contributed by atoms with Gasteiger partial charge in [0.15, 0.2) is 0 Å². The lowest BCUT2D eigenvalue weighted by atomic mass is 10.2. The Morgan fingerprint density at radius 3 is 2.31 bits per heavy atom. The van der Waals surface area contributed by atoms with E-state index >= 15 is 0 Å². The highest BCUT2D eigenvalue weighted by atomic mass is 16.6. The second-order valence-electron chi connectivity index (χ2n) is 6.30. The van der Waals surface area contributed by atoms with Crippen LogP contribution in [0.5, 0.6) is 5.75 Å². The van der Waals surface area contributed by atoms with E-state index in [1.54, 1.807) is 19.2 Å². The number of nitro benzene ring substituents is 1. The smallest absolute Gasteiger partial charge is 0.269 e. The number of hydrogen-bond donors (Lipinski definition) is 0. The molecule has 1 aliphatic heterocycles. The third-order valence-corrected chi connectivity index (χ3v) is 4.46. The molecule has 0 spiro atoms. The summed E-state index contributed by atoms with van der Waals surface area (Å²) in [6, 6.07) is 23.6. The minimum atomic E-state index is -0.427. The molecule has 0 unspecified atom stereocenters. The molecule has 0 saturated heterocycles. The van der Waals surface area contributed by atoms with Gasteiger partial charge in [0, 0.05) is 34.9 Å². The predicted octanol–water partition coefficient (Wildman–Crippen LogP) is 4.54. The van der Waals surface area contributed by atoms with Gasteiger partial charge >= 0.3 is 0 Å². The van der Waals surface area contributed by atoms with Crippen LogP contribution in [0.2, 0.25) is 0 Å². The number of hydrazone groups is 1. The molecule has 29 heavy (non-hydrogen) atoms. The van der Waals surface area contributed by atoms with Crippen molar-refractivity contribution in [1.29, 1.82) is 0 Å². The maximum atomic E-state index is 10.9. The van der Waals surface area contributed by atoms with E-state index < -0.39 is 4.92 Å². The molecule has 4 rings (SSSR count). The molecule has 0 fully saturated rings. The van der Waals surface area contributed by atoms with Crippen molar-refractivity contribution in [2.45, 2.75) is 0 Å². The first-order chi connectivity index (χ1) is 14.1. The van der Waals surface area contributed by atoms with E-state index in [-0.39, 0.29) is 5.69 Å². The number of non-ortho nitro benzene ring substituents is 1. The van der Waals surface area contributed by atoms with Crippen LogP contribution in [0, 0.1) is 10.1 Å². The molecule has 0 aromatic heterocycles. The van der Waals surface area contributed by atoms with Crippen LogP contribution in [0.4, 0.5) is 17.1 Å². The molecule has 0 N–H and O–H groups in total. The summed E-state index contributed by atoms with van der Waals surface area (Å²) < 4.78 is 7.06. The third kappa shape index (κ3) is 3.96. The van der Waals surface area contributed by atoms with Gasteiger partial charge in [-0.2, -0.15) is 0 Å². The lowest BCUT2D eigenvalue weighted by molar-refractivity contribution is -0.508. The molecule has 3 aromatic rings. The fourth-order valence-electron chi connectivity index (χ4n) is 2.92. The molecule has 8 heteroatoms. The molecule has 144 valence electrons. The normalized spacial score (nSPS) is 13.5. The highest BCUT2D eigenvalue weighted by Crippen LogP contribution is 2.25. The molecule has 1 aliphatic rings. The van der Waals surface area contributed by atoms with Gasteiger partial charge in [0.1, 0.15) is 5.75 Å². The first-order valence-corrected chi connectivity index (χ1v) is 8.93. The zero-order valence-electron chi connectivity index (χ0n) is 15.7. The van der Waals surface area contributed by atoms with Crippen molar-refractivity contribution in [3.8, 4) is 5.75 Å². The summed E-state index contributed by atoms with van der Waals surface area (Å²) in [5, 5.41) is 22.1. The Morgan fingerprint density at radius 1 is 1.00 bits per heavy atom. The van der Waals surface area contributed by atoms with E-state index in [0.29, 0.717) is 18.1 Å². The topological polar surface area (TPSA) is 83.3 Å². The lowest BCUT2D eigenvalue weighted by Gasteiger charge is -2.20. The minimum Gasteiger partial charge on any atom is -0.497 e. The maximum absolute atomic E-state index is 10.9. The summed E-state index contributed by atoms with van der Waals surface area (Å²) in [5.41, 5.74) is 2.51. The maximum Gasteiger partial charge on any atom is 0.269 e. The molecular formula is C21H18N5O3+. The molecule has 0 radical (unpaired) electrons. The Labute approximate surface area is 167 Å². The van der Waals surface area contributed by atoms with E-state index in [9.17, 15) is 10.1 Å². The van der Waals surface area contributed by atoms with Gasteiger partial charge in [0.05, 0.1) is 17.7 Å². The van der Waals surface area contributed by atoms with Crippen molar-refractivity contribution in [3.05, 3.63) is 94.5 Å². The Balaban J connectivity index is 1.75. The van der Waals surface area contributed by atoms with E-state index in [0.717, 1.165) is 17.1 Å². The summed E-state index contributed by atoms with van der Waals surface area (Å²) in [6.45, 7) is 0.423. The van der Waals surface area contributed by atoms with E-state index in [1.165, 1.54) is 12.1 Å². The van der Waals surface area contributed by atoms with E-state index in [1.807, 2.05) is 64.3 Å². The Morgan fingerprint density at radius 2 is 1.69 bits per heavy atom. The van der Waals surface area contributed by atoms with Gasteiger partial charge in [0.2, 0.25) is 11.5 Å². The summed E-state index contributed by atoms with van der Waals surface area (Å²) in [4.78, 5) is 10.5.